The molecular weight excluding hydrogens is 494 g/mol. The highest BCUT2D eigenvalue weighted by atomic mass is 35.5. The molecule has 7 nitrogen and oxygen atoms in total. The van der Waals surface area contributed by atoms with Crippen LogP contribution in [0.5, 0.6) is 5.75 Å². The van der Waals surface area contributed by atoms with Gasteiger partial charge in [-0.05, 0) is 60.4 Å². The van der Waals surface area contributed by atoms with Gasteiger partial charge in [-0.15, -0.1) is 11.3 Å². The zero-order chi connectivity index (χ0) is 24.1. The van der Waals surface area contributed by atoms with Crippen LogP contribution in [0.15, 0.2) is 64.9 Å². The van der Waals surface area contributed by atoms with Crippen molar-refractivity contribution in [2.75, 3.05) is 6.54 Å². The van der Waals surface area contributed by atoms with E-state index in [1.807, 2.05) is 24.3 Å². The summed E-state index contributed by atoms with van der Waals surface area (Å²) >= 11 is 6.89. The van der Waals surface area contributed by atoms with E-state index in [0.717, 1.165) is 22.5 Å². The van der Waals surface area contributed by atoms with Crippen molar-refractivity contribution in [2.24, 2.45) is 0 Å². The van der Waals surface area contributed by atoms with Crippen molar-refractivity contribution in [3.63, 3.8) is 0 Å². The molecule has 4 rings (SSSR count). The average molecular weight is 516 g/mol. The largest absolute Gasteiger partial charge is 0.489 e. The van der Waals surface area contributed by atoms with Crippen molar-refractivity contribution in [1.29, 1.82) is 5.26 Å². The molecule has 0 radical (unpaired) electrons. The Morgan fingerprint density at radius 2 is 1.82 bits per heavy atom. The predicted molar refractivity (Wildman–Crippen MR) is 130 cm³/mol. The van der Waals surface area contributed by atoms with E-state index in [1.165, 1.54) is 10.4 Å². The lowest BCUT2D eigenvalue weighted by Crippen LogP contribution is -2.45. The molecule has 0 bridgehead atoms. The van der Waals surface area contributed by atoms with E-state index in [4.69, 9.17) is 21.6 Å². The SMILES string of the molecule is N#Cc1ccc(OCc2ccc(CNC(=O)[C@@H]3CCCN3S(=O)(=O)c3ccc(Cl)s3)cc2)cc1. The maximum absolute atomic E-state index is 12.9. The molecule has 0 unspecified atom stereocenters. The molecule has 1 atom stereocenters. The molecule has 10 heteroatoms. The second-order valence-electron chi connectivity index (χ2n) is 7.79. The van der Waals surface area contributed by atoms with E-state index in [1.54, 1.807) is 30.3 Å². The van der Waals surface area contributed by atoms with Crippen LogP contribution in [0, 0.1) is 11.3 Å². The molecule has 1 aromatic heterocycles. The van der Waals surface area contributed by atoms with Crippen molar-refractivity contribution >= 4 is 38.9 Å². The maximum Gasteiger partial charge on any atom is 0.253 e. The zero-order valence-corrected chi connectivity index (χ0v) is 20.5. The highest BCUT2D eigenvalue weighted by molar-refractivity contribution is 7.91. The third kappa shape index (κ3) is 5.59. The van der Waals surface area contributed by atoms with Crippen LogP contribution in [-0.2, 0) is 28.0 Å². The van der Waals surface area contributed by atoms with Crippen molar-refractivity contribution < 1.29 is 17.9 Å². The summed E-state index contributed by atoms with van der Waals surface area (Å²) in [6.07, 6.45) is 1.11. The molecule has 3 aromatic rings. The third-order valence-electron chi connectivity index (χ3n) is 5.50. The molecule has 2 aromatic carbocycles. The van der Waals surface area contributed by atoms with Gasteiger partial charge in [-0.2, -0.15) is 9.57 Å². The van der Waals surface area contributed by atoms with Gasteiger partial charge in [0.2, 0.25) is 5.91 Å². The van der Waals surface area contributed by atoms with E-state index in [2.05, 4.69) is 11.4 Å². The number of benzene rings is 2. The number of rotatable bonds is 8. The Balaban J connectivity index is 1.31. The summed E-state index contributed by atoms with van der Waals surface area (Å²) in [6.45, 7) is 0.981. The number of thiophene rings is 1. The highest BCUT2D eigenvalue weighted by Crippen LogP contribution is 2.32. The number of hydrogen-bond acceptors (Lipinski definition) is 6. The van der Waals surface area contributed by atoms with Crippen LogP contribution in [0.4, 0.5) is 0 Å². The monoisotopic (exact) mass is 515 g/mol. The number of sulfonamides is 1. The first-order valence-electron chi connectivity index (χ1n) is 10.6. The molecule has 34 heavy (non-hydrogen) atoms. The van der Waals surface area contributed by atoms with Gasteiger partial charge in [0, 0.05) is 13.1 Å². The minimum atomic E-state index is -3.76. The molecule has 1 aliphatic rings. The van der Waals surface area contributed by atoms with Crippen LogP contribution in [0.1, 0.15) is 29.5 Å². The highest BCUT2D eigenvalue weighted by Gasteiger charge is 2.39. The number of carbonyl (C=O) groups is 1. The number of halogens is 1. The normalized spacial score (nSPS) is 16.2. The Hall–Kier alpha value is -2.90. The van der Waals surface area contributed by atoms with Gasteiger partial charge in [-0.25, -0.2) is 8.42 Å². The fourth-order valence-corrected chi connectivity index (χ4v) is 6.96. The Kier molecular flexibility index (Phi) is 7.54. The molecule has 1 saturated heterocycles. The van der Waals surface area contributed by atoms with Crippen LogP contribution < -0.4 is 10.1 Å². The van der Waals surface area contributed by atoms with E-state index >= 15 is 0 Å². The summed E-state index contributed by atoms with van der Waals surface area (Å²) in [5.74, 6) is 0.369. The summed E-state index contributed by atoms with van der Waals surface area (Å²) in [4.78, 5) is 12.8. The number of nitrogens with one attached hydrogen (secondary N) is 1. The molecule has 1 fully saturated rings. The minimum absolute atomic E-state index is 0.149. The average Bonchev–Trinajstić information content (AvgIpc) is 3.52. The van der Waals surface area contributed by atoms with Crippen LogP contribution in [0.2, 0.25) is 4.34 Å². The topological polar surface area (TPSA) is 99.5 Å². The number of carbonyl (C=O) groups excluding carboxylic acids is 1. The van der Waals surface area contributed by atoms with Crippen molar-refractivity contribution in [1.82, 2.24) is 9.62 Å². The summed E-state index contributed by atoms with van der Waals surface area (Å²) in [7, 11) is -3.76. The quantitative estimate of drug-likeness (QED) is 0.481. The summed E-state index contributed by atoms with van der Waals surface area (Å²) in [5.41, 5.74) is 2.43. The standard InChI is InChI=1S/C24H22ClN3O4S2/c25-22-11-12-23(33-22)34(30,31)28-13-1-2-21(28)24(29)27-15-18-3-5-19(6-4-18)16-32-20-9-7-17(14-26)8-10-20/h3-12,21H,1-2,13,15-16H2,(H,27,29)/t21-/m0/s1. The van der Waals surface area contributed by atoms with Gasteiger partial charge in [0.05, 0.1) is 16.0 Å². The molecule has 0 saturated carbocycles. The first-order chi connectivity index (χ1) is 16.4. The van der Waals surface area contributed by atoms with Gasteiger partial charge in [-0.1, -0.05) is 35.9 Å². The third-order valence-corrected chi connectivity index (χ3v) is 9.10. The van der Waals surface area contributed by atoms with E-state index in [0.29, 0.717) is 48.2 Å². The molecule has 0 spiro atoms. The van der Waals surface area contributed by atoms with Gasteiger partial charge in [0.1, 0.15) is 22.6 Å². The molecule has 1 amide bonds. The minimum Gasteiger partial charge on any atom is -0.489 e. The summed E-state index contributed by atoms with van der Waals surface area (Å²) in [6, 6.07) is 18.9. The van der Waals surface area contributed by atoms with Gasteiger partial charge >= 0.3 is 0 Å². The van der Waals surface area contributed by atoms with E-state index in [-0.39, 0.29) is 10.1 Å². The Morgan fingerprint density at radius 1 is 1.12 bits per heavy atom. The van der Waals surface area contributed by atoms with Gasteiger partial charge in [0.15, 0.2) is 0 Å². The summed E-state index contributed by atoms with van der Waals surface area (Å²) in [5, 5.41) is 11.7. The van der Waals surface area contributed by atoms with Crippen LogP contribution >= 0.6 is 22.9 Å². The van der Waals surface area contributed by atoms with Gasteiger partial charge in [0.25, 0.3) is 10.0 Å². The zero-order valence-electron chi connectivity index (χ0n) is 18.1. The molecule has 0 aliphatic carbocycles. The Labute approximate surface area is 207 Å². The number of hydrogen-bond donors (Lipinski definition) is 1. The molecule has 176 valence electrons. The molecule has 1 N–H and O–H groups in total. The first kappa shape index (κ1) is 24.2. The lowest BCUT2D eigenvalue weighted by atomic mass is 10.1. The first-order valence-corrected chi connectivity index (χ1v) is 13.3. The molecule has 1 aliphatic heterocycles. The van der Waals surface area contributed by atoms with E-state index in [9.17, 15) is 13.2 Å². The fraction of sp³-hybridized carbons (Fsp3) is 0.250. The van der Waals surface area contributed by atoms with Crippen LogP contribution in [0.25, 0.3) is 0 Å². The Bertz CT molecular complexity index is 1300. The second-order valence-corrected chi connectivity index (χ2v) is 11.6. The van der Waals surface area contributed by atoms with Gasteiger partial charge < -0.3 is 10.1 Å². The number of amides is 1. The summed E-state index contributed by atoms with van der Waals surface area (Å²) < 4.78 is 33.4. The Morgan fingerprint density at radius 3 is 2.47 bits per heavy atom. The van der Waals surface area contributed by atoms with Crippen LogP contribution in [0.3, 0.4) is 0 Å². The second kappa shape index (κ2) is 10.6. The van der Waals surface area contributed by atoms with Crippen molar-refractivity contribution in [3.05, 3.63) is 81.7 Å². The van der Waals surface area contributed by atoms with Crippen molar-refractivity contribution in [3.8, 4) is 11.8 Å². The van der Waals surface area contributed by atoms with E-state index < -0.39 is 16.1 Å². The fourth-order valence-electron chi connectivity index (χ4n) is 3.69. The van der Waals surface area contributed by atoms with Crippen LogP contribution in [-0.4, -0.2) is 31.2 Å². The number of nitriles is 1. The number of nitrogens with zero attached hydrogens (tertiary/aromatic N) is 2. The smallest absolute Gasteiger partial charge is 0.253 e. The molecule has 2 heterocycles. The lowest BCUT2D eigenvalue weighted by Gasteiger charge is -2.22. The predicted octanol–water partition coefficient (Wildman–Crippen LogP) is 4.32. The van der Waals surface area contributed by atoms with Gasteiger partial charge in [-0.3, -0.25) is 4.79 Å². The van der Waals surface area contributed by atoms with Crippen molar-refractivity contribution in [2.45, 2.75) is 36.2 Å². The molecular formula is C24H22ClN3O4S2. The maximum atomic E-state index is 12.9. The number of ether oxygens (including phenoxy) is 1. The lowest BCUT2D eigenvalue weighted by molar-refractivity contribution is -0.124.